The van der Waals surface area contributed by atoms with Crippen LogP contribution in [0.4, 0.5) is 32.2 Å². The molecular formula is C36H32ClF6N9O3S. The van der Waals surface area contributed by atoms with E-state index in [1.54, 1.807) is 19.2 Å². The van der Waals surface area contributed by atoms with Crippen molar-refractivity contribution in [2.24, 2.45) is 13.0 Å². The summed E-state index contributed by atoms with van der Waals surface area (Å²) in [6.45, 7) is 2.91. The van der Waals surface area contributed by atoms with E-state index in [9.17, 15) is 30.8 Å². The first-order valence-corrected chi connectivity index (χ1v) is 19.6. The fraction of sp³-hybridized carbons (Fsp3) is 0.361. The van der Waals surface area contributed by atoms with E-state index in [4.69, 9.17) is 16.6 Å². The summed E-state index contributed by atoms with van der Waals surface area (Å²) in [5.41, 5.74) is 0.124. The Morgan fingerprint density at radius 3 is 2.43 bits per heavy atom. The summed E-state index contributed by atoms with van der Waals surface area (Å²) in [5, 5.41) is 11.2. The number of nitrogens with zero attached hydrogens (tertiary/aromatic N) is 6. The number of hydrogen-bond donors (Lipinski definition) is 3. The maximum absolute atomic E-state index is 15.4. The number of nitrogens with one attached hydrogen (secondary N) is 3. The Hall–Kier alpha value is -5.17. The van der Waals surface area contributed by atoms with E-state index in [1.807, 2.05) is 13.8 Å². The number of aromatic amines is 1. The molecule has 0 saturated heterocycles. The fourth-order valence-electron chi connectivity index (χ4n) is 7.71. The van der Waals surface area contributed by atoms with Crippen LogP contribution in [0.25, 0.3) is 33.2 Å². The van der Waals surface area contributed by atoms with E-state index in [1.165, 1.54) is 10.7 Å². The molecule has 2 aliphatic carbocycles. The molecule has 4 heterocycles. The van der Waals surface area contributed by atoms with E-state index in [-0.39, 0.29) is 57.5 Å². The molecule has 0 spiro atoms. The number of hydrogen-bond acceptors (Lipinski definition) is 7. The van der Waals surface area contributed by atoms with Crippen LogP contribution < -0.4 is 10.0 Å². The molecule has 3 N–H and O–H groups in total. The number of sulfonamides is 1. The minimum atomic E-state index is -3.82. The van der Waals surface area contributed by atoms with Crippen molar-refractivity contribution in [1.29, 1.82) is 0 Å². The zero-order valence-corrected chi connectivity index (χ0v) is 31.5. The lowest BCUT2D eigenvalue weighted by molar-refractivity contribution is -0.123. The van der Waals surface area contributed by atoms with Gasteiger partial charge in [-0.1, -0.05) is 31.5 Å². The molecule has 12 nitrogen and oxygen atoms in total. The topological polar surface area (TPSA) is 152 Å². The van der Waals surface area contributed by atoms with E-state index < -0.39 is 75.7 Å². The molecule has 0 radical (unpaired) electrons. The molecule has 3 atom stereocenters. The minimum Gasteiger partial charge on any atom is -0.346 e. The van der Waals surface area contributed by atoms with Crippen LogP contribution >= 0.6 is 11.6 Å². The van der Waals surface area contributed by atoms with Crippen LogP contribution in [0.5, 0.6) is 0 Å². The number of rotatable bonds is 11. The van der Waals surface area contributed by atoms with Gasteiger partial charge in [0.2, 0.25) is 15.9 Å². The molecule has 2 aromatic carbocycles. The van der Waals surface area contributed by atoms with Crippen LogP contribution in [0.15, 0.2) is 36.4 Å². The first-order chi connectivity index (χ1) is 26.3. The minimum absolute atomic E-state index is 0.0347. The van der Waals surface area contributed by atoms with Gasteiger partial charge in [-0.05, 0) is 48.6 Å². The predicted octanol–water partition coefficient (Wildman–Crippen LogP) is 7.38. The molecule has 0 aliphatic heterocycles. The second kappa shape index (κ2) is 13.2. The number of fused-ring (bicyclic) bond motifs is 5. The lowest BCUT2D eigenvalue weighted by Gasteiger charge is -2.23. The van der Waals surface area contributed by atoms with Crippen LogP contribution in [0.2, 0.25) is 5.02 Å². The zero-order valence-electron chi connectivity index (χ0n) is 29.9. The van der Waals surface area contributed by atoms with Gasteiger partial charge >= 0.3 is 0 Å². The molecule has 1 unspecified atom stereocenters. The molecule has 2 aliphatic rings. The number of pyridine rings is 1. The molecular weight excluding hydrogens is 788 g/mol. The molecule has 1 amide bonds. The number of H-pyrrole nitrogens is 1. The number of amides is 1. The summed E-state index contributed by atoms with van der Waals surface area (Å²) in [7, 11) is -2.26. The summed E-state index contributed by atoms with van der Waals surface area (Å²) >= 11 is 6.62. The van der Waals surface area contributed by atoms with Crippen molar-refractivity contribution in [3.8, 4) is 11.1 Å². The van der Waals surface area contributed by atoms with Gasteiger partial charge in [-0.2, -0.15) is 19.0 Å². The molecule has 1 saturated carbocycles. The Kier molecular flexibility index (Phi) is 8.90. The van der Waals surface area contributed by atoms with E-state index in [0.29, 0.717) is 38.7 Å². The van der Waals surface area contributed by atoms with E-state index in [2.05, 4.69) is 30.2 Å². The average molecular weight is 820 g/mol. The number of anilines is 1. The van der Waals surface area contributed by atoms with Gasteiger partial charge in [0.25, 0.3) is 12.3 Å². The van der Waals surface area contributed by atoms with Crippen LogP contribution in [0.3, 0.4) is 0 Å². The second-order valence-electron chi connectivity index (χ2n) is 14.5. The van der Waals surface area contributed by atoms with Gasteiger partial charge in [0.1, 0.15) is 35.4 Å². The van der Waals surface area contributed by atoms with Crippen molar-refractivity contribution in [2.75, 3.05) is 11.0 Å². The SMILES string of the molecule is CC(C)c1nc2nc([C@H](Cc3cc(F)cc(F)c3)NC(=O)Cn3nc(C(F)F)c4c3C(F)(F)[C@@H]3CC43)c(-c3ccc(Cl)c4c(NS(C)(=O)=O)nn(C)c34)cc2[nH]1. The number of aromatic nitrogens is 7. The average Bonchev–Trinajstić information content (AvgIpc) is 3.34. The van der Waals surface area contributed by atoms with Gasteiger partial charge in [0.15, 0.2) is 11.5 Å². The van der Waals surface area contributed by atoms with Crippen molar-refractivity contribution >= 4 is 55.4 Å². The van der Waals surface area contributed by atoms with Gasteiger partial charge in [0, 0.05) is 41.6 Å². The Morgan fingerprint density at radius 2 is 1.77 bits per heavy atom. The standard InChI is InChI=1S/C36H32ClF6N9O3S/c1-14(2)33-45-24-12-19(18-5-6-22(37)27-30(18)51(3)49-35(27)50-56(4,54)55)28(46-34(24)47-33)23(9-15-7-16(38)10-17(39)8-15)44-25(53)13-52-31-26(29(48-52)32(40)41)20-11-21(20)36(31,42)43/h5-8,10,12,14,20-21,23,32H,9,11,13H2,1-4H3,(H,44,53)(H,49,50)(H,45,46,47)/t20?,21-,23+/m1/s1. The molecule has 0 bridgehead atoms. The number of benzene rings is 2. The normalized spacial score (nSPS) is 17.9. The molecule has 4 aromatic heterocycles. The highest BCUT2D eigenvalue weighted by atomic mass is 35.5. The van der Waals surface area contributed by atoms with Gasteiger partial charge in [0.05, 0.1) is 39.4 Å². The number of carbonyl (C=O) groups is 1. The summed E-state index contributed by atoms with van der Waals surface area (Å²) in [4.78, 5) is 26.6. The van der Waals surface area contributed by atoms with E-state index in [0.717, 1.165) is 18.4 Å². The molecule has 56 heavy (non-hydrogen) atoms. The van der Waals surface area contributed by atoms with Crippen molar-refractivity contribution < 1.29 is 39.6 Å². The lowest BCUT2D eigenvalue weighted by Crippen LogP contribution is -2.35. The monoisotopic (exact) mass is 819 g/mol. The van der Waals surface area contributed by atoms with Crippen molar-refractivity contribution in [2.45, 2.75) is 63.5 Å². The Bertz CT molecular complexity index is 2690. The summed E-state index contributed by atoms with van der Waals surface area (Å²) in [6, 6.07) is 6.33. The molecule has 6 aromatic rings. The highest BCUT2D eigenvalue weighted by Crippen LogP contribution is 2.68. The van der Waals surface area contributed by atoms with Crippen LogP contribution in [-0.4, -0.2) is 55.1 Å². The van der Waals surface area contributed by atoms with Gasteiger partial charge < -0.3 is 10.3 Å². The van der Waals surface area contributed by atoms with Crippen LogP contribution in [-0.2, 0) is 40.8 Å². The summed E-state index contributed by atoms with van der Waals surface area (Å²) in [6.07, 6.45) is -2.47. The number of carbonyl (C=O) groups excluding carboxylic acids is 1. The highest BCUT2D eigenvalue weighted by Gasteiger charge is 2.67. The summed E-state index contributed by atoms with van der Waals surface area (Å²) in [5.74, 6) is -7.76. The first kappa shape index (κ1) is 37.7. The Morgan fingerprint density at radius 1 is 1.05 bits per heavy atom. The van der Waals surface area contributed by atoms with Crippen molar-refractivity contribution in [1.82, 2.24) is 39.8 Å². The largest absolute Gasteiger partial charge is 0.346 e. The predicted molar refractivity (Wildman–Crippen MR) is 194 cm³/mol. The molecule has 20 heteroatoms. The summed E-state index contributed by atoms with van der Waals surface area (Å²) < 4.78 is 117. The molecule has 294 valence electrons. The van der Waals surface area contributed by atoms with Crippen LogP contribution in [0.1, 0.15) is 78.6 Å². The Balaban J connectivity index is 1.30. The van der Waals surface area contributed by atoms with Crippen molar-refractivity contribution in [3.05, 3.63) is 87.1 Å². The molecule has 1 fully saturated rings. The van der Waals surface area contributed by atoms with Gasteiger partial charge in [-0.3, -0.25) is 18.9 Å². The maximum Gasteiger partial charge on any atom is 0.293 e. The number of imidazole rings is 1. The lowest BCUT2D eigenvalue weighted by atomic mass is 9.94. The first-order valence-electron chi connectivity index (χ1n) is 17.4. The third-order valence-corrected chi connectivity index (χ3v) is 10.9. The second-order valence-corrected chi connectivity index (χ2v) is 16.7. The van der Waals surface area contributed by atoms with Gasteiger partial charge in [-0.15, -0.1) is 0 Å². The Labute approximate surface area is 319 Å². The smallest absolute Gasteiger partial charge is 0.293 e. The third-order valence-electron chi connectivity index (χ3n) is 10.1. The van der Waals surface area contributed by atoms with Crippen molar-refractivity contribution in [3.63, 3.8) is 0 Å². The quantitative estimate of drug-likeness (QED) is 0.115. The van der Waals surface area contributed by atoms with Crippen LogP contribution in [0, 0.1) is 17.6 Å². The zero-order chi connectivity index (χ0) is 40.2. The number of alkyl halides is 4. The van der Waals surface area contributed by atoms with Gasteiger partial charge in [-0.25, -0.2) is 35.9 Å². The fourth-order valence-corrected chi connectivity index (χ4v) is 8.44. The third kappa shape index (κ3) is 6.53. The number of aryl methyl sites for hydroxylation is 1. The van der Waals surface area contributed by atoms with E-state index >= 15 is 8.78 Å². The number of halogens is 7. The maximum atomic E-state index is 15.4. The molecule has 8 rings (SSSR count). The highest BCUT2D eigenvalue weighted by molar-refractivity contribution is 7.92.